The molecule has 0 radical (unpaired) electrons. The highest BCUT2D eigenvalue weighted by Crippen LogP contribution is 2.44. The average molecular weight is 486 g/mol. The Morgan fingerprint density at radius 2 is 1.68 bits per heavy atom. The van der Waals surface area contributed by atoms with Crippen LogP contribution in [-0.4, -0.2) is 75.6 Å². The number of rotatable bonds is 4. The second-order valence-electron chi connectivity index (χ2n) is 9.40. The second-order valence-corrected chi connectivity index (χ2v) is 11.3. The van der Waals surface area contributed by atoms with Gasteiger partial charge in [-0.15, -0.1) is 0 Å². The van der Waals surface area contributed by atoms with Crippen LogP contribution >= 0.6 is 0 Å². The van der Waals surface area contributed by atoms with Gasteiger partial charge in [-0.2, -0.15) is 4.31 Å². The topological polar surface area (TPSA) is 88.2 Å². The van der Waals surface area contributed by atoms with Gasteiger partial charge in [0.25, 0.3) is 5.91 Å². The number of likely N-dealkylation sites (tertiary alicyclic amines) is 1. The van der Waals surface area contributed by atoms with Crippen LogP contribution in [-0.2, 0) is 14.8 Å². The average Bonchev–Trinajstić information content (AvgIpc) is 2.86. The molecule has 0 unspecified atom stereocenters. The fraction of sp³-hybridized carbons (Fsp3) is 0.480. The van der Waals surface area contributed by atoms with Crippen molar-refractivity contribution in [2.75, 3.05) is 46.4 Å². The minimum absolute atomic E-state index is 0.169. The Morgan fingerprint density at radius 3 is 2.38 bits per heavy atom. The molecule has 2 saturated heterocycles. The summed E-state index contributed by atoms with van der Waals surface area (Å²) in [5, 5.41) is 3.19. The van der Waals surface area contributed by atoms with Crippen LogP contribution < -0.4 is 10.1 Å². The van der Waals surface area contributed by atoms with E-state index in [0.717, 1.165) is 37.2 Å². The lowest BCUT2D eigenvalue weighted by atomic mass is 9.80. The highest BCUT2D eigenvalue weighted by Gasteiger charge is 2.43. The number of para-hydroxylation sites is 1. The van der Waals surface area contributed by atoms with Crippen molar-refractivity contribution in [3.63, 3.8) is 0 Å². The first kappa shape index (κ1) is 23.3. The summed E-state index contributed by atoms with van der Waals surface area (Å²) in [5.74, 6) is 0.607. The molecule has 3 aliphatic rings. The Hall–Kier alpha value is -2.46. The Kier molecular flexibility index (Phi) is 6.37. The molecule has 0 aromatic heterocycles. The van der Waals surface area contributed by atoms with E-state index in [1.165, 1.54) is 16.4 Å². The quantitative estimate of drug-likeness (QED) is 0.716. The van der Waals surface area contributed by atoms with E-state index in [0.29, 0.717) is 38.3 Å². The number of nitrogens with zero attached hydrogens (tertiary/aromatic N) is 2. The lowest BCUT2D eigenvalue weighted by molar-refractivity contribution is -0.0195. The molecule has 0 saturated carbocycles. The number of carbonyl (C=O) groups excluding carboxylic acids is 1. The summed E-state index contributed by atoms with van der Waals surface area (Å²) >= 11 is 0. The van der Waals surface area contributed by atoms with Crippen LogP contribution in [0.1, 0.15) is 41.2 Å². The van der Waals surface area contributed by atoms with Gasteiger partial charge in [-0.1, -0.05) is 18.2 Å². The smallest absolute Gasteiger partial charge is 0.251 e. The fourth-order valence-corrected chi connectivity index (χ4v) is 6.44. The van der Waals surface area contributed by atoms with E-state index in [1.54, 1.807) is 12.1 Å². The molecule has 1 spiro atoms. The third kappa shape index (κ3) is 4.57. The van der Waals surface area contributed by atoms with E-state index in [1.807, 2.05) is 24.3 Å². The van der Waals surface area contributed by atoms with Crippen LogP contribution in [0.5, 0.6) is 5.75 Å². The summed E-state index contributed by atoms with van der Waals surface area (Å²) in [6.45, 7) is 3.38. The molecule has 5 rings (SSSR count). The summed E-state index contributed by atoms with van der Waals surface area (Å²) in [6, 6.07) is 13.9. The number of morpholine rings is 1. The zero-order valence-corrected chi connectivity index (χ0v) is 20.2. The van der Waals surface area contributed by atoms with Crippen molar-refractivity contribution in [2.24, 2.45) is 0 Å². The Labute approximate surface area is 200 Å². The number of benzene rings is 2. The van der Waals surface area contributed by atoms with Crippen molar-refractivity contribution < 1.29 is 22.7 Å². The van der Waals surface area contributed by atoms with Crippen LogP contribution in [0.3, 0.4) is 0 Å². The Morgan fingerprint density at radius 1 is 1.00 bits per heavy atom. The van der Waals surface area contributed by atoms with E-state index >= 15 is 0 Å². The van der Waals surface area contributed by atoms with Gasteiger partial charge in [0.05, 0.1) is 24.2 Å². The molecule has 182 valence electrons. The number of piperidine rings is 1. The summed E-state index contributed by atoms with van der Waals surface area (Å²) in [5.41, 5.74) is 1.13. The minimum atomic E-state index is -3.59. The van der Waals surface area contributed by atoms with Crippen molar-refractivity contribution in [1.82, 2.24) is 14.5 Å². The molecule has 0 aliphatic carbocycles. The number of nitrogens with one attached hydrogen (secondary N) is 1. The third-order valence-electron chi connectivity index (χ3n) is 7.12. The predicted octanol–water partition coefficient (Wildman–Crippen LogP) is 2.43. The molecule has 1 amide bonds. The second kappa shape index (κ2) is 9.30. The van der Waals surface area contributed by atoms with Crippen LogP contribution in [0.25, 0.3) is 0 Å². The van der Waals surface area contributed by atoms with Gasteiger partial charge in [-0.25, -0.2) is 8.42 Å². The summed E-state index contributed by atoms with van der Waals surface area (Å²) < 4.78 is 38.9. The summed E-state index contributed by atoms with van der Waals surface area (Å²) in [4.78, 5) is 15.7. The van der Waals surface area contributed by atoms with Crippen LogP contribution in [0.15, 0.2) is 53.4 Å². The lowest BCUT2D eigenvalue weighted by Gasteiger charge is -2.46. The van der Waals surface area contributed by atoms with Crippen LogP contribution in [0.2, 0.25) is 0 Å². The van der Waals surface area contributed by atoms with Crippen LogP contribution in [0, 0.1) is 0 Å². The third-order valence-corrected chi connectivity index (χ3v) is 9.04. The van der Waals surface area contributed by atoms with E-state index in [-0.39, 0.29) is 22.4 Å². The van der Waals surface area contributed by atoms with Crippen molar-refractivity contribution in [1.29, 1.82) is 0 Å². The number of hydrogen-bond donors (Lipinski definition) is 1. The van der Waals surface area contributed by atoms with Crippen molar-refractivity contribution in [3.05, 3.63) is 59.7 Å². The Bertz CT molecular complexity index is 1140. The molecule has 8 nitrogen and oxygen atoms in total. The standard InChI is InChI=1S/C25H31N3O5S/c1-27-12-10-25(11-13-27)18-22(21-4-2-3-5-23(21)33-25)26-24(29)19-6-8-20(9-7-19)34(30,31)28-14-16-32-17-15-28/h2-9,22H,10-18H2,1H3,(H,26,29)/t22-/m1/s1. The zero-order valence-electron chi connectivity index (χ0n) is 19.4. The van der Waals surface area contributed by atoms with Gasteiger partial charge in [-0.05, 0) is 50.2 Å². The largest absolute Gasteiger partial charge is 0.487 e. The van der Waals surface area contributed by atoms with Crippen molar-refractivity contribution >= 4 is 15.9 Å². The number of sulfonamides is 1. The van der Waals surface area contributed by atoms with E-state index in [9.17, 15) is 13.2 Å². The SMILES string of the molecule is CN1CCC2(CC1)C[C@@H](NC(=O)c1ccc(S(=O)(=O)N3CCOCC3)cc1)c1ccccc1O2. The van der Waals surface area contributed by atoms with Gasteiger partial charge in [0.15, 0.2) is 0 Å². The molecule has 2 fully saturated rings. The Balaban J connectivity index is 1.33. The molecule has 9 heteroatoms. The number of hydrogen-bond acceptors (Lipinski definition) is 6. The minimum Gasteiger partial charge on any atom is -0.487 e. The maximum Gasteiger partial charge on any atom is 0.251 e. The summed E-state index contributed by atoms with van der Waals surface area (Å²) in [7, 11) is -1.48. The van der Waals surface area contributed by atoms with E-state index in [2.05, 4.69) is 17.3 Å². The molecular weight excluding hydrogens is 454 g/mol. The van der Waals surface area contributed by atoms with Crippen LogP contribution in [0.4, 0.5) is 0 Å². The molecule has 2 aromatic carbocycles. The predicted molar refractivity (Wildman–Crippen MR) is 127 cm³/mol. The lowest BCUT2D eigenvalue weighted by Crippen LogP contribution is -2.51. The first-order valence-corrected chi connectivity index (χ1v) is 13.3. The van der Waals surface area contributed by atoms with E-state index in [4.69, 9.17) is 9.47 Å². The first-order chi connectivity index (χ1) is 16.4. The maximum absolute atomic E-state index is 13.2. The molecule has 3 aliphatic heterocycles. The number of amides is 1. The van der Waals surface area contributed by atoms with Gasteiger partial charge in [0.1, 0.15) is 11.4 Å². The number of fused-ring (bicyclic) bond motifs is 1. The monoisotopic (exact) mass is 485 g/mol. The van der Waals surface area contributed by atoms with Crippen molar-refractivity contribution in [3.8, 4) is 5.75 Å². The van der Waals surface area contributed by atoms with Gasteiger partial charge in [0.2, 0.25) is 10.0 Å². The highest BCUT2D eigenvalue weighted by molar-refractivity contribution is 7.89. The zero-order chi connectivity index (χ0) is 23.8. The molecule has 34 heavy (non-hydrogen) atoms. The molecule has 0 bridgehead atoms. The van der Waals surface area contributed by atoms with E-state index < -0.39 is 10.0 Å². The molecular formula is C25H31N3O5S. The number of carbonyl (C=O) groups is 1. The molecule has 1 atom stereocenters. The molecule has 1 N–H and O–H groups in total. The maximum atomic E-state index is 13.2. The van der Waals surface area contributed by atoms with Gasteiger partial charge < -0.3 is 19.7 Å². The van der Waals surface area contributed by atoms with Gasteiger partial charge in [0, 0.05) is 43.7 Å². The normalized spacial score (nSPS) is 23.1. The molecule has 3 heterocycles. The number of ether oxygens (including phenoxy) is 2. The van der Waals surface area contributed by atoms with Crippen molar-refractivity contribution in [2.45, 2.75) is 35.8 Å². The van der Waals surface area contributed by atoms with Gasteiger partial charge in [-0.3, -0.25) is 4.79 Å². The first-order valence-electron chi connectivity index (χ1n) is 11.8. The highest BCUT2D eigenvalue weighted by atomic mass is 32.2. The fourth-order valence-electron chi connectivity index (χ4n) is 5.04. The van der Waals surface area contributed by atoms with Gasteiger partial charge >= 0.3 is 0 Å². The summed E-state index contributed by atoms with van der Waals surface area (Å²) in [6.07, 6.45) is 2.55. The molecule has 2 aromatic rings.